The molecule has 0 bridgehead atoms. The highest BCUT2D eigenvalue weighted by Crippen LogP contribution is 2.00. The van der Waals surface area contributed by atoms with Crippen LogP contribution in [0.4, 0.5) is 0 Å². The summed E-state index contributed by atoms with van der Waals surface area (Å²) in [5.74, 6) is 0.634. The van der Waals surface area contributed by atoms with Crippen LogP contribution in [0, 0.1) is 5.92 Å². The summed E-state index contributed by atoms with van der Waals surface area (Å²) in [6.45, 7) is 9.56. The lowest BCUT2D eigenvalue weighted by atomic mass is 10.1. The molecule has 0 N–H and O–H groups in total. The highest BCUT2D eigenvalue weighted by molar-refractivity contribution is 5.85. The Balaban J connectivity index is 3.81. The van der Waals surface area contributed by atoms with Crippen molar-refractivity contribution >= 4 is 5.71 Å². The van der Waals surface area contributed by atoms with E-state index in [0.717, 1.165) is 13.0 Å². The molecule has 0 aliphatic rings. The van der Waals surface area contributed by atoms with Crippen LogP contribution < -0.4 is 0 Å². The van der Waals surface area contributed by atoms with Crippen LogP contribution in [0.3, 0.4) is 0 Å². The number of hydrogen-bond donors (Lipinski definition) is 0. The standard InChI is InChI=1S/C8H17N/c1-5-8(7(3)4)9-6-2/h7H,5-6H2,1-4H3/b9-8+. The third-order valence-corrected chi connectivity index (χ3v) is 1.39. The van der Waals surface area contributed by atoms with Crippen LogP contribution in [0.2, 0.25) is 0 Å². The first-order valence-electron chi connectivity index (χ1n) is 3.75. The summed E-state index contributed by atoms with van der Waals surface area (Å²) in [6, 6.07) is 0. The topological polar surface area (TPSA) is 12.4 Å². The molecule has 0 aromatic carbocycles. The molecule has 0 amide bonds. The fourth-order valence-electron chi connectivity index (χ4n) is 0.906. The van der Waals surface area contributed by atoms with E-state index in [1.54, 1.807) is 0 Å². The molecule has 0 heterocycles. The van der Waals surface area contributed by atoms with Gasteiger partial charge in [-0.3, -0.25) is 4.99 Å². The second-order valence-corrected chi connectivity index (χ2v) is 2.47. The van der Waals surface area contributed by atoms with Crippen molar-refractivity contribution < 1.29 is 0 Å². The number of aliphatic imine (C=N–C) groups is 1. The van der Waals surface area contributed by atoms with E-state index in [0.29, 0.717) is 5.92 Å². The summed E-state index contributed by atoms with van der Waals surface area (Å²) in [7, 11) is 0. The fourth-order valence-corrected chi connectivity index (χ4v) is 0.906. The average molecular weight is 127 g/mol. The van der Waals surface area contributed by atoms with Gasteiger partial charge in [-0.1, -0.05) is 20.8 Å². The lowest BCUT2D eigenvalue weighted by molar-refractivity contribution is 0.845. The predicted octanol–water partition coefficient (Wildman–Crippen LogP) is 2.51. The first kappa shape index (κ1) is 8.67. The Morgan fingerprint density at radius 1 is 1.33 bits per heavy atom. The van der Waals surface area contributed by atoms with E-state index in [1.165, 1.54) is 5.71 Å². The maximum Gasteiger partial charge on any atom is 0.0360 e. The van der Waals surface area contributed by atoms with Crippen LogP contribution >= 0.6 is 0 Å². The predicted molar refractivity (Wildman–Crippen MR) is 43.1 cm³/mol. The van der Waals surface area contributed by atoms with Gasteiger partial charge in [0.2, 0.25) is 0 Å². The van der Waals surface area contributed by atoms with Gasteiger partial charge < -0.3 is 0 Å². The summed E-state index contributed by atoms with van der Waals surface area (Å²) in [5.41, 5.74) is 1.34. The van der Waals surface area contributed by atoms with E-state index in [4.69, 9.17) is 0 Å². The van der Waals surface area contributed by atoms with Crippen molar-refractivity contribution in [3.8, 4) is 0 Å². The Morgan fingerprint density at radius 3 is 2.00 bits per heavy atom. The van der Waals surface area contributed by atoms with E-state index >= 15 is 0 Å². The van der Waals surface area contributed by atoms with E-state index in [1.807, 2.05) is 0 Å². The SMILES string of the molecule is CC/N=C(\CC)C(C)C. The van der Waals surface area contributed by atoms with Crippen LogP contribution in [-0.2, 0) is 0 Å². The molecule has 0 saturated carbocycles. The van der Waals surface area contributed by atoms with Crippen molar-refractivity contribution in [1.82, 2.24) is 0 Å². The van der Waals surface area contributed by atoms with Crippen LogP contribution in [0.5, 0.6) is 0 Å². The summed E-state index contributed by atoms with van der Waals surface area (Å²) < 4.78 is 0. The minimum absolute atomic E-state index is 0.634. The molecular formula is C8H17N. The molecule has 9 heavy (non-hydrogen) atoms. The minimum Gasteiger partial charge on any atom is -0.294 e. The Bertz CT molecular complexity index is 92.7. The summed E-state index contributed by atoms with van der Waals surface area (Å²) >= 11 is 0. The van der Waals surface area contributed by atoms with E-state index in [9.17, 15) is 0 Å². The lowest BCUT2D eigenvalue weighted by Crippen LogP contribution is -2.05. The minimum atomic E-state index is 0.634. The van der Waals surface area contributed by atoms with Crippen LogP contribution in [0.25, 0.3) is 0 Å². The molecule has 0 unspecified atom stereocenters. The van der Waals surface area contributed by atoms with Crippen molar-refractivity contribution in [3.05, 3.63) is 0 Å². The number of rotatable bonds is 3. The molecular weight excluding hydrogens is 110 g/mol. The summed E-state index contributed by atoms with van der Waals surface area (Å²) in [5, 5.41) is 0. The smallest absolute Gasteiger partial charge is 0.0360 e. The van der Waals surface area contributed by atoms with Crippen LogP contribution in [0.15, 0.2) is 4.99 Å². The molecule has 0 aromatic rings. The van der Waals surface area contributed by atoms with Gasteiger partial charge in [0.25, 0.3) is 0 Å². The fraction of sp³-hybridized carbons (Fsp3) is 0.875. The largest absolute Gasteiger partial charge is 0.294 e. The molecule has 0 radical (unpaired) electrons. The molecule has 54 valence electrons. The van der Waals surface area contributed by atoms with Crippen LogP contribution in [-0.4, -0.2) is 12.3 Å². The average Bonchev–Trinajstić information content (AvgIpc) is 1.82. The van der Waals surface area contributed by atoms with Gasteiger partial charge in [-0.25, -0.2) is 0 Å². The van der Waals surface area contributed by atoms with Gasteiger partial charge >= 0.3 is 0 Å². The lowest BCUT2D eigenvalue weighted by Gasteiger charge is -2.05. The Morgan fingerprint density at radius 2 is 1.89 bits per heavy atom. The molecule has 0 saturated heterocycles. The third kappa shape index (κ3) is 3.28. The quantitative estimate of drug-likeness (QED) is 0.516. The molecule has 0 aromatic heterocycles. The maximum absolute atomic E-state index is 4.36. The van der Waals surface area contributed by atoms with Gasteiger partial charge in [0.1, 0.15) is 0 Å². The van der Waals surface area contributed by atoms with E-state index in [-0.39, 0.29) is 0 Å². The number of nitrogens with zero attached hydrogens (tertiary/aromatic N) is 1. The molecule has 1 heteroatoms. The van der Waals surface area contributed by atoms with Gasteiger partial charge in [-0.05, 0) is 19.3 Å². The monoisotopic (exact) mass is 127 g/mol. The highest BCUT2D eigenvalue weighted by Gasteiger charge is 1.99. The van der Waals surface area contributed by atoms with Crippen molar-refractivity contribution in [2.24, 2.45) is 10.9 Å². The van der Waals surface area contributed by atoms with Gasteiger partial charge in [0.15, 0.2) is 0 Å². The molecule has 1 nitrogen and oxygen atoms in total. The zero-order valence-corrected chi connectivity index (χ0v) is 6.94. The van der Waals surface area contributed by atoms with Crippen molar-refractivity contribution in [3.63, 3.8) is 0 Å². The molecule has 0 aliphatic carbocycles. The summed E-state index contributed by atoms with van der Waals surface area (Å²) in [6.07, 6.45) is 1.10. The van der Waals surface area contributed by atoms with Gasteiger partial charge in [0, 0.05) is 12.3 Å². The zero-order chi connectivity index (χ0) is 7.28. The van der Waals surface area contributed by atoms with E-state index in [2.05, 4.69) is 32.7 Å². The highest BCUT2D eigenvalue weighted by atomic mass is 14.7. The van der Waals surface area contributed by atoms with Crippen molar-refractivity contribution in [2.45, 2.75) is 34.1 Å². The zero-order valence-electron chi connectivity index (χ0n) is 6.94. The summed E-state index contributed by atoms with van der Waals surface area (Å²) in [4.78, 5) is 4.36. The molecule has 0 rings (SSSR count). The van der Waals surface area contributed by atoms with Crippen molar-refractivity contribution in [1.29, 1.82) is 0 Å². The Hall–Kier alpha value is -0.330. The van der Waals surface area contributed by atoms with Gasteiger partial charge in [0.05, 0.1) is 0 Å². The second kappa shape index (κ2) is 4.54. The molecule has 0 atom stereocenters. The molecule has 0 fully saturated rings. The normalized spacial score (nSPS) is 12.8. The Kier molecular flexibility index (Phi) is 4.37. The first-order valence-corrected chi connectivity index (χ1v) is 3.75. The molecule has 0 spiro atoms. The van der Waals surface area contributed by atoms with Gasteiger partial charge in [-0.15, -0.1) is 0 Å². The third-order valence-electron chi connectivity index (χ3n) is 1.39. The first-order chi connectivity index (χ1) is 4.22. The van der Waals surface area contributed by atoms with Gasteiger partial charge in [-0.2, -0.15) is 0 Å². The maximum atomic E-state index is 4.36. The Labute approximate surface area is 58.2 Å². The van der Waals surface area contributed by atoms with Crippen LogP contribution in [0.1, 0.15) is 34.1 Å². The molecule has 0 aliphatic heterocycles. The van der Waals surface area contributed by atoms with Crippen molar-refractivity contribution in [2.75, 3.05) is 6.54 Å². The second-order valence-electron chi connectivity index (χ2n) is 2.47. The van der Waals surface area contributed by atoms with E-state index < -0.39 is 0 Å². The number of hydrogen-bond acceptors (Lipinski definition) is 1.